The van der Waals surface area contributed by atoms with Crippen LogP contribution in [0, 0.1) is 0 Å². The molecule has 1 aliphatic rings. The first kappa shape index (κ1) is 11.5. The van der Waals surface area contributed by atoms with Gasteiger partial charge in [0.2, 0.25) is 0 Å². The number of hydrogen-bond donors (Lipinski definition) is 2. The summed E-state index contributed by atoms with van der Waals surface area (Å²) < 4.78 is 0. The van der Waals surface area contributed by atoms with Crippen LogP contribution < -0.4 is 0 Å². The second kappa shape index (κ2) is 4.47. The summed E-state index contributed by atoms with van der Waals surface area (Å²) in [5.41, 5.74) is -0.181. The van der Waals surface area contributed by atoms with Crippen LogP contribution in [-0.2, 0) is 5.60 Å². The number of carbonyl (C=O) groups is 1. The molecule has 2 N–H and O–H groups in total. The Morgan fingerprint density at radius 1 is 1.25 bits per heavy atom. The molecule has 0 bridgehead atoms. The molecular weight excluding hydrogens is 224 g/mol. The van der Waals surface area contributed by atoms with E-state index in [2.05, 4.69) is 0 Å². The van der Waals surface area contributed by atoms with Crippen LogP contribution in [0.3, 0.4) is 0 Å². The van der Waals surface area contributed by atoms with Gasteiger partial charge in [0.1, 0.15) is 0 Å². The zero-order valence-electron chi connectivity index (χ0n) is 8.85. The van der Waals surface area contributed by atoms with Crippen LogP contribution in [0.15, 0.2) is 24.3 Å². The van der Waals surface area contributed by atoms with Crippen molar-refractivity contribution in [3.05, 3.63) is 35.4 Å². The molecule has 1 saturated heterocycles. The molecule has 0 atom stereocenters. The first-order valence-electron chi connectivity index (χ1n) is 5.26. The highest BCUT2D eigenvalue weighted by atomic mass is 32.2. The largest absolute Gasteiger partial charge is 0.478 e. The van der Waals surface area contributed by atoms with Crippen molar-refractivity contribution in [1.82, 2.24) is 0 Å². The third kappa shape index (κ3) is 2.08. The van der Waals surface area contributed by atoms with Gasteiger partial charge >= 0.3 is 5.97 Å². The Labute approximate surface area is 98.5 Å². The van der Waals surface area contributed by atoms with E-state index in [0.717, 1.165) is 11.5 Å². The minimum Gasteiger partial charge on any atom is -0.478 e. The van der Waals surface area contributed by atoms with Crippen molar-refractivity contribution >= 4 is 17.7 Å². The van der Waals surface area contributed by atoms with Gasteiger partial charge < -0.3 is 10.2 Å². The van der Waals surface area contributed by atoms with E-state index in [0.29, 0.717) is 18.4 Å². The van der Waals surface area contributed by atoms with Gasteiger partial charge in [-0.1, -0.05) is 18.2 Å². The maximum Gasteiger partial charge on any atom is 0.336 e. The molecule has 0 spiro atoms. The van der Waals surface area contributed by atoms with Crippen LogP contribution in [0.2, 0.25) is 0 Å². The van der Waals surface area contributed by atoms with E-state index in [4.69, 9.17) is 5.11 Å². The zero-order chi connectivity index (χ0) is 11.6. The number of aromatic carboxylic acids is 1. The average Bonchev–Trinajstić information content (AvgIpc) is 2.30. The maximum atomic E-state index is 11.1. The molecule has 1 heterocycles. The smallest absolute Gasteiger partial charge is 0.336 e. The Hall–Kier alpha value is -1.00. The minimum absolute atomic E-state index is 0.219. The molecule has 0 radical (unpaired) electrons. The van der Waals surface area contributed by atoms with Gasteiger partial charge in [-0.2, -0.15) is 11.8 Å². The first-order chi connectivity index (χ1) is 7.63. The zero-order valence-corrected chi connectivity index (χ0v) is 9.67. The lowest BCUT2D eigenvalue weighted by Crippen LogP contribution is -2.32. The van der Waals surface area contributed by atoms with Crippen molar-refractivity contribution < 1.29 is 15.0 Å². The summed E-state index contributed by atoms with van der Waals surface area (Å²) in [6, 6.07) is 6.74. The Morgan fingerprint density at radius 2 is 1.88 bits per heavy atom. The maximum absolute atomic E-state index is 11.1. The normalized spacial score (nSPS) is 19.3. The summed E-state index contributed by atoms with van der Waals surface area (Å²) in [7, 11) is 0. The topological polar surface area (TPSA) is 57.5 Å². The molecule has 2 rings (SSSR count). The molecule has 1 aromatic carbocycles. The number of hydrogen-bond acceptors (Lipinski definition) is 3. The number of thioether (sulfide) groups is 1. The summed E-state index contributed by atoms with van der Waals surface area (Å²) in [6.07, 6.45) is 1.25. The van der Waals surface area contributed by atoms with E-state index in [-0.39, 0.29) is 5.56 Å². The quantitative estimate of drug-likeness (QED) is 0.828. The van der Waals surface area contributed by atoms with E-state index >= 15 is 0 Å². The number of aliphatic hydroxyl groups is 1. The summed E-state index contributed by atoms with van der Waals surface area (Å²) in [6.45, 7) is 0. The van der Waals surface area contributed by atoms with Crippen LogP contribution in [0.1, 0.15) is 28.8 Å². The average molecular weight is 238 g/mol. The van der Waals surface area contributed by atoms with Crippen LogP contribution >= 0.6 is 11.8 Å². The third-order valence-corrected chi connectivity index (χ3v) is 3.96. The van der Waals surface area contributed by atoms with Crippen molar-refractivity contribution in [3.8, 4) is 0 Å². The second-order valence-corrected chi connectivity index (χ2v) is 5.22. The molecule has 4 heteroatoms. The molecule has 3 nitrogen and oxygen atoms in total. The molecule has 86 valence electrons. The standard InChI is InChI=1S/C12H14O3S/c13-11(14)9-3-1-2-4-10(9)12(15)5-7-16-8-6-12/h1-4,15H,5-8H2,(H,13,14). The van der Waals surface area contributed by atoms with Crippen LogP contribution in [-0.4, -0.2) is 27.7 Å². The predicted octanol–water partition coefficient (Wildman–Crippen LogP) is 2.10. The highest BCUT2D eigenvalue weighted by molar-refractivity contribution is 7.99. The molecule has 0 aliphatic carbocycles. The number of carboxylic acid groups (broad SMARTS) is 1. The monoisotopic (exact) mass is 238 g/mol. The van der Waals surface area contributed by atoms with Crippen molar-refractivity contribution in [2.75, 3.05) is 11.5 Å². The van der Waals surface area contributed by atoms with Crippen molar-refractivity contribution in [1.29, 1.82) is 0 Å². The second-order valence-electron chi connectivity index (χ2n) is 3.99. The van der Waals surface area contributed by atoms with E-state index in [9.17, 15) is 9.90 Å². The Morgan fingerprint density at radius 3 is 2.50 bits per heavy atom. The molecule has 1 fully saturated rings. The summed E-state index contributed by atoms with van der Waals surface area (Å²) >= 11 is 1.80. The fraction of sp³-hybridized carbons (Fsp3) is 0.417. The van der Waals surface area contributed by atoms with Crippen molar-refractivity contribution in [2.45, 2.75) is 18.4 Å². The molecule has 1 aromatic rings. The minimum atomic E-state index is -0.970. The van der Waals surface area contributed by atoms with E-state index in [1.54, 1.807) is 36.0 Å². The Balaban J connectivity index is 2.42. The van der Waals surface area contributed by atoms with Gasteiger partial charge in [-0.15, -0.1) is 0 Å². The first-order valence-corrected chi connectivity index (χ1v) is 6.42. The molecule has 0 unspecified atom stereocenters. The molecule has 0 amide bonds. The lowest BCUT2D eigenvalue weighted by Gasteiger charge is -2.33. The van der Waals surface area contributed by atoms with Crippen molar-refractivity contribution in [2.24, 2.45) is 0 Å². The van der Waals surface area contributed by atoms with E-state index < -0.39 is 11.6 Å². The van der Waals surface area contributed by atoms with Gasteiger partial charge in [-0.25, -0.2) is 4.79 Å². The highest BCUT2D eigenvalue weighted by Crippen LogP contribution is 2.37. The number of benzene rings is 1. The van der Waals surface area contributed by atoms with Crippen LogP contribution in [0.4, 0.5) is 0 Å². The van der Waals surface area contributed by atoms with Crippen LogP contribution in [0.5, 0.6) is 0 Å². The Bertz CT molecular complexity index is 397. The fourth-order valence-electron chi connectivity index (χ4n) is 2.05. The summed E-state index contributed by atoms with van der Waals surface area (Å²) in [5, 5.41) is 19.6. The Kier molecular flexibility index (Phi) is 3.21. The molecule has 16 heavy (non-hydrogen) atoms. The SMILES string of the molecule is O=C(O)c1ccccc1C1(O)CCSCC1. The van der Waals surface area contributed by atoms with E-state index in [1.165, 1.54) is 0 Å². The number of carboxylic acids is 1. The summed E-state index contributed by atoms with van der Waals surface area (Å²) in [4.78, 5) is 11.1. The van der Waals surface area contributed by atoms with Gasteiger partial charge in [0.15, 0.2) is 0 Å². The predicted molar refractivity (Wildman–Crippen MR) is 63.9 cm³/mol. The molecule has 0 saturated carbocycles. The van der Waals surface area contributed by atoms with Gasteiger partial charge in [-0.3, -0.25) is 0 Å². The van der Waals surface area contributed by atoms with Gasteiger partial charge in [0, 0.05) is 0 Å². The lowest BCUT2D eigenvalue weighted by molar-refractivity contribution is 0.0258. The molecule has 1 aliphatic heterocycles. The summed E-state index contributed by atoms with van der Waals surface area (Å²) in [5.74, 6) is 0.789. The van der Waals surface area contributed by atoms with Gasteiger partial charge in [0.25, 0.3) is 0 Å². The van der Waals surface area contributed by atoms with Gasteiger partial charge in [-0.05, 0) is 36.0 Å². The van der Waals surface area contributed by atoms with Gasteiger partial charge in [0.05, 0.1) is 11.2 Å². The highest BCUT2D eigenvalue weighted by Gasteiger charge is 2.34. The van der Waals surface area contributed by atoms with E-state index in [1.807, 2.05) is 0 Å². The fourth-order valence-corrected chi connectivity index (χ4v) is 3.22. The third-order valence-electron chi connectivity index (χ3n) is 2.98. The lowest BCUT2D eigenvalue weighted by atomic mass is 9.85. The molecule has 0 aromatic heterocycles. The van der Waals surface area contributed by atoms with Crippen LogP contribution in [0.25, 0.3) is 0 Å². The molecular formula is C12H14O3S. The number of rotatable bonds is 2. The van der Waals surface area contributed by atoms with Crippen molar-refractivity contribution in [3.63, 3.8) is 0 Å².